The van der Waals surface area contributed by atoms with Gasteiger partial charge in [-0.15, -0.1) is 0 Å². The Labute approximate surface area is 88.9 Å². The first kappa shape index (κ1) is 11.9. The first-order valence-electron chi connectivity index (χ1n) is 4.73. The number of hydrogen-bond acceptors (Lipinski definition) is 4. The van der Waals surface area contributed by atoms with Gasteiger partial charge in [-0.05, 0) is 6.07 Å². The summed E-state index contributed by atoms with van der Waals surface area (Å²) in [5, 5.41) is 0. The second kappa shape index (κ2) is 5.63. The van der Waals surface area contributed by atoms with Gasteiger partial charge in [0, 0.05) is 32.8 Å². The first-order valence-corrected chi connectivity index (χ1v) is 4.73. The molecule has 0 unspecified atom stereocenters. The number of likely N-dealkylation sites (N-methyl/N-ethyl adjacent to an activating group) is 1. The van der Waals surface area contributed by atoms with Crippen molar-refractivity contribution in [2.75, 3.05) is 32.2 Å². The fraction of sp³-hybridized carbons (Fsp3) is 0.500. The number of methoxy groups -OCH3 is 1. The molecule has 4 nitrogen and oxygen atoms in total. The molecule has 0 atom stereocenters. The van der Waals surface area contributed by atoms with E-state index in [1.165, 1.54) is 12.3 Å². The second-order valence-electron chi connectivity index (χ2n) is 3.25. The van der Waals surface area contributed by atoms with E-state index in [0.29, 0.717) is 24.5 Å². The molecule has 0 fully saturated rings. The Bertz CT molecular complexity index is 320. The molecular weight excluding hydrogens is 197 g/mol. The van der Waals surface area contributed by atoms with Gasteiger partial charge >= 0.3 is 0 Å². The zero-order valence-electron chi connectivity index (χ0n) is 9.03. The second-order valence-corrected chi connectivity index (χ2v) is 3.25. The number of hydrogen-bond donors (Lipinski definition) is 1. The van der Waals surface area contributed by atoms with Gasteiger partial charge in [-0.2, -0.15) is 0 Å². The van der Waals surface area contributed by atoms with Crippen molar-refractivity contribution in [3.05, 3.63) is 23.6 Å². The third-order valence-corrected chi connectivity index (χ3v) is 2.12. The van der Waals surface area contributed by atoms with Gasteiger partial charge in [0.25, 0.3) is 0 Å². The topological polar surface area (TPSA) is 51.4 Å². The molecule has 1 aromatic heterocycles. The highest BCUT2D eigenvalue weighted by Gasteiger charge is 2.08. The minimum absolute atomic E-state index is 0.275. The number of ether oxygens (including phenoxy) is 1. The minimum atomic E-state index is -0.362. The van der Waals surface area contributed by atoms with Crippen molar-refractivity contribution in [1.29, 1.82) is 0 Å². The normalized spacial score (nSPS) is 10.4. The van der Waals surface area contributed by atoms with E-state index in [1.807, 2.05) is 11.9 Å². The zero-order valence-corrected chi connectivity index (χ0v) is 9.03. The molecule has 0 saturated carbocycles. The summed E-state index contributed by atoms with van der Waals surface area (Å²) in [4.78, 5) is 5.91. The summed E-state index contributed by atoms with van der Waals surface area (Å²) in [5.74, 6) is 0.343. The monoisotopic (exact) mass is 213 g/mol. The van der Waals surface area contributed by atoms with Crippen LogP contribution in [0.3, 0.4) is 0 Å². The molecule has 0 radical (unpaired) electrons. The molecule has 1 aromatic rings. The number of pyridine rings is 1. The SMILES string of the molecule is COCCN(C)c1ncc(F)cc1CN. The lowest BCUT2D eigenvalue weighted by Gasteiger charge is -2.20. The molecule has 0 amide bonds. The Morgan fingerprint density at radius 2 is 2.33 bits per heavy atom. The van der Waals surface area contributed by atoms with Crippen molar-refractivity contribution in [3.63, 3.8) is 0 Å². The molecule has 0 aliphatic carbocycles. The zero-order chi connectivity index (χ0) is 11.3. The Morgan fingerprint density at radius 3 is 2.93 bits per heavy atom. The van der Waals surface area contributed by atoms with Gasteiger partial charge < -0.3 is 15.4 Å². The number of nitrogens with two attached hydrogens (primary N) is 1. The summed E-state index contributed by atoms with van der Waals surface area (Å²) < 4.78 is 17.8. The van der Waals surface area contributed by atoms with Crippen molar-refractivity contribution in [2.24, 2.45) is 5.73 Å². The Morgan fingerprint density at radius 1 is 1.60 bits per heavy atom. The number of rotatable bonds is 5. The molecule has 0 spiro atoms. The quantitative estimate of drug-likeness (QED) is 0.784. The van der Waals surface area contributed by atoms with E-state index < -0.39 is 0 Å². The molecule has 15 heavy (non-hydrogen) atoms. The summed E-state index contributed by atoms with van der Waals surface area (Å²) in [6.07, 6.45) is 1.19. The van der Waals surface area contributed by atoms with Crippen LogP contribution < -0.4 is 10.6 Å². The smallest absolute Gasteiger partial charge is 0.141 e. The van der Waals surface area contributed by atoms with Crippen molar-refractivity contribution in [3.8, 4) is 0 Å². The average Bonchev–Trinajstić information content (AvgIpc) is 2.25. The standard InChI is InChI=1S/C10H16FN3O/c1-14(3-4-15-2)10-8(6-12)5-9(11)7-13-10/h5,7H,3-4,6,12H2,1-2H3. The third-order valence-electron chi connectivity index (χ3n) is 2.12. The van der Waals surface area contributed by atoms with Crippen LogP contribution >= 0.6 is 0 Å². The Balaban J connectivity index is 2.82. The Kier molecular flexibility index (Phi) is 4.45. The lowest BCUT2D eigenvalue weighted by Crippen LogP contribution is -2.25. The summed E-state index contributed by atoms with van der Waals surface area (Å²) in [6.45, 7) is 1.57. The summed E-state index contributed by atoms with van der Waals surface area (Å²) in [7, 11) is 3.51. The van der Waals surface area contributed by atoms with E-state index in [4.69, 9.17) is 10.5 Å². The van der Waals surface area contributed by atoms with Gasteiger partial charge in [0.05, 0.1) is 12.8 Å². The maximum atomic E-state index is 12.9. The molecule has 2 N–H and O–H groups in total. The fourth-order valence-corrected chi connectivity index (χ4v) is 1.30. The van der Waals surface area contributed by atoms with E-state index in [9.17, 15) is 4.39 Å². The van der Waals surface area contributed by atoms with Crippen LogP contribution in [0.4, 0.5) is 10.2 Å². The highest BCUT2D eigenvalue weighted by molar-refractivity contribution is 5.46. The third kappa shape index (κ3) is 3.14. The van der Waals surface area contributed by atoms with E-state index >= 15 is 0 Å². The molecule has 0 saturated heterocycles. The van der Waals surface area contributed by atoms with E-state index in [2.05, 4.69) is 4.98 Å². The van der Waals surface area contributed by atoms with E-state index in [1.54, 1.807) is 7.11 Å². The van der Waals surface area contributed by atoms with Crippen LogP contribution in [0.2, 0.25) is 0 Å². The van der Waals surface area contributed by atoms with Gasteiger partial charge in [0.1, 0.15) is 11.6 Å². The molecule has 5 heteroatoms. The van der Waals surface area contributed by atoms with Crippen LogP contribution in [-0.2, 0) is 11.3 Å². The van der Waals surface area contributed by atoms with Crippen molar-refractivity contribution in [1.82, 2.24) is 4.98 Å². The largest absolute Gasteiger partial charge is 0.383 e. The lowest BCUT2D eigenvalue weighted by atomic mass is 10.2. The minimum Gasteiger partial charge on any atom is -0.383 e. The summed E-state index contributed by atoms with van der Waals surface area (Å²) >= 11 is 0. The summed E-state index contributed by atoms with van der Waals surface area (Å²) in [5.41, 5.74) is 6.22. The van der Waals surface area contributed by atoms with Gasteiger partial charge in [0.15, 0.2) is 0 Å². The Hall–Kier alpha value is -1.20. The van der Waals surface area contributed by atoms with Crippen molar-refractivity contribution in [2.45, 2.75) is 6.54 Å². The number of nitrogens with zero attached hydrogens (tertiary/aromatic N) is 2. The molecule has 1 heterocycles. The number of anilines is 1. The maximum Gasteiger partial charge on any atom is 0.141 e. The van der Waals surface area contributed by atoms with Gasteiger partial charge in [-0.25, -0.2) is 9.37 Å². The van der Waals surface area contributed by atoms with E-state index in [0.717, 1.165) is 0 Å². The predicted molar refractivity (Wildman–Crippen MR) is 57.2 cm³/mol. The van der Waals surface area contributed by atoms with Gasteiger partial charge in [-0.1, -0.05) is 0 Å². The predicted octanol–water partition coefficient (Wildman–Crippen LogP) is 0.762. The van der Waals surface area contributed by atoms with Crippen LogP contribution in [-0.4, -0.2) is 32.3 Å². The van der Waals surface area contributed by atoms with Crippen LogP contribution in [0, 0.1) is 5.82 Å². The first-order chi connectivity index (χ1) is 7.19. The average molecular weight is 213 g/mol. The van der Waals surface area contributed by atoms with Gasteiger partial charge in [0.2, 0.25) is 0 Å². The number of aromatic nitrogens is 1. The van der Waals surface area contributed by atoms with Crippen molar-refractivity contribution >= 4 is 5.82 Å². The highest BCUT2D eigenvalue weighted by Crippen LogP contribution is 2.16. The molecule has 0 aromatic carbocycles. The van der Waals surface area contributed by atoms with Crippen LogP contribution in [0.5, 0.6) is 0 Å². The van der Waals surface area contributed by atoms with Crippen LogP contribution in [0.1, 0.15) is 5.56 Å². The molecule has 84 valence electrons. The maximum absolute atomic E-state index is 12.9. The van der Waals surface area contributed by atoms with Crippen LogP contribution in [0.15, 0.2) is 12.3 Å². The number of halogens is 1. The highest BCUT2D eigenvalue weighted by atomic mass is 19.1. The molecule has 0 bridgehead atoms. The van der Waals surface area contributed by atoms with Gasteiger partial charge in [-0.3, -0.25) is 0 Å². The lowest BCUT2D eigenvalue weighted by molar-refractivity contribution is 0.206. The molecular formula is C10H16FN3O. The molecule has 0 aliphatic heterocycles. The van der Waals surface area contributed by atoms with Crippen molar-refractivity contribution < 1.29 is 9.13 Å². The fourth-order valence-electron chi connectivity index (χ4n) is 1.30. The molecule has 1 rings (SSSR count). The van der Waals surface area contributed by atoms with Crippen LogP contribution in [0.25, 0.3) is 0 Å². The molecule has 0 aliphatic rings. The summed E-state index contributed by atoms with van der Waals surface area (Å²) in [6, 6.07) is 1.41. The van der Waals surface area contributed by atoms with E-state index in [-0.39, 0.29) is 12.4 Å².